The number of nitrogens with two attached hydrogens (primary N) is 2. The van der Waals surface area contributed by atoms with E-state index in [0.717, 1.165) is 0 Å². The molecule has 5 N–H and O–H groups in total. The zero-order chi connectivity index (χ0) is 8.85. The second-order valence-electron chi connectivity index (χ2n) is 1.54. The second-order valence-corrected chi connectivity index (χ2v) is 1.54. The summed E-state index contributed by atoms with van der Waals surface area (Å²) in [4.78, 5) is 20.7. The van der Waals surface area contributed by atoms with Crippen LogP contribution in [0.15, 0.2) is 0 Å². The molecule has 7 nitrogen and oxygen atoms in total. The molecule has 0 saturated heterocycles. The Morgan fingerprint density at radius 3 is 2.55 bits per heavy atom. The third-order valence-corrected chi connectivity index (χ3v) is 0.695. The van der Waals surface area contributed by atoms with Crippen LogP contribution in [-0.2, 0) is 4.74 Å². The van der Waals surface area contributed by atoms with E-state index in [2.05, 4.69) is 10.5 Å². The Labute approximate surface area is 63.2 Å². The minimum absolute atomic E-state index is 0.174. The molecule has 0 heterocycles. The third-order valence-electron chi connectivity index (χ3n) is 0.695. The summed E-state index contributed by atoms with van der Waals surface area (Å²) in [5.41, 5.74) is 6.45. The number of carbonyl (C=O) groups is 2. The molecule has 0 unspecified atom stereocenters. The number of urea groups is 1. The van der Waals surface area contributed by atoms with Gasteiger partial charge in [-0.05, 0) is 6.92 Å². The van der Waals surface area contributed by atoms with Crippen molar-refractivity contribution in [2.75, 3.05) is 6.61 Å². The van der Waals surface area contributed by atoms with Crippen LogP contribution in [0.3, 0.4) is 0 Å². The van der Waals surface area contributed by atoms with E-state index in [0.29, 0.717) is 5.12 Å². The number of hydrogen-bond donors (Lipinski definition) is 3. The van der Waals surface area contributed by atoms with Gasteiger partial charge in [0.05, 0.1) is 6.61 Å². The van der Waals surface area contributed by atoms with Crippen molar-refractivity contribution in [3.63, 3.8) is 0 Å². The maximum Gasteiger partial charge on any atom is 0.443 e. The van der Waals surface area contributed by atoms with Gasteiger partial charge >= 0.3 is 12.1 Å². The SMILES string of the molecule is CCOC(=O)N(N)NC(N)=O. The van der Waals surface area contributed by atoms with Crippen LogP contribution in [0.1, 0.15) is 6.92 Å². The van der Waals surface area contributed by atoms with E-state index in [4.69, 9.17) is 5.84 Å². The number of hydrogen-bond acceptors (Lipinski definition) is 4. The highest BCUT2D eigenvalue weighted by molar-refractivity contribution is 5.75. The molecule has 0 aromatic rings. The highest BCUT2D eigenvalue weighted by atomic mass is 16.6. The molecule has 3 amide bonds. The van der Waals surface area contributed by atoms with Crippen LogP contribution in [0.4, 0.5) is 9.59 Å². The fraction of sp³-hybridized carbons (Fsp3) is 0.500. The predicted octanol–water partition coefficient (Wildman–Crippen LogP) is -1.10. The monoisotopic (exact) mass is 162 g/mol. The van der Waals surface area contributed by atoms with Gasteiger partial charge < -0.3 is 10.5 Å². The summed E-state index contributed by atoms with van der Waals surface area (Å²) in [6.45, 7) is 1.78. The Balaban J connectivity index is 3.73. The lowest BCUT2D eigenvalue weighted by molar-refractivity contribution is 0.0918. The molecule has 0 radical (unpaired) electrons. The summed E-state index contributed by atoms with van der Waals surface area (Å²) in [7, 11) is 0. The number of nitrogens with zero attached hydrogens (tertiary/aromatic N) is 1. The molecule has 0 aliphatic rings. The average Bonchev–Trinajstić information content (AvgIpc) is 1.86. The Hall–Kier alpha value is -1.50. The second kappa shape index (κ2) is 4.34. The van der Waals surface area contributed by atoms with Gasteiger partial charge in [0.25, 0.3) is 0 Å². The first kappa shape index (κ1) is 9.50. The summed E-state index contributed by atoms with van der Waals surface area (Å²) >= 11 is 0. The van der Waals surface area contributed by atoms with Gasteiger partial charge in [-0.3, -0.25) is 0 Å². The summed E-state index contributed by atoms with van der Waals surface area (Å²) in [6.07, 6.45) is -0.869. The number of amides is 3. The zero-order valence-corrected chi connectivity index (χ0v) is 6.03. The molecule has 0 aromatic heterocycles. The van der Waals surface area contributed by atoms with Gasteiger partial charge in [-0.2, -0.15) is 0 Å². The molecule has 0 atom stereocenters. The lowest BCUT2D eigenvalue weighted by atomic mass is 10.9. The van der Waals surface area contributed by atoms with Crippen molar-refractivity contribution in [1.29, 1.82) is 0 Å². The molecular weight excluding hydrogens is 152 g/mol. The molecule has 0 aliphatic carbocycles. The highest BCUT2D eigenvalue weighted by Gasteiger charge is 2.10. The van der Waals surface area contributed by atoms with Gasteiger partial charge in [0, 0.05) is 0 Å². The van der Waals surface area contributed by atoms with Crippen LogP contribution in [0.2, 0.25) is 0 Å². The summed E-state index contributed by atoms with van der Waals surface area (Å²) in [5, 5.41) is 0.367. The van der Waals surface area contributed by atoms with Crippen molar-refractivity contribution in [2.24, 2.45) is 11.6 Å². The van der Waals surface area contributed by atoms with Crippen LogP contribution in [0.25, 0.3) is 0 Å². The van der Waals surface area contributed by atoms with Gasteiger partial charge in [0.1, 0.15) is 0 Å². The smallest absolute Gasteiger partial charge is 0.443 e. The van der Waals surface area contributed by atoms with Gasteiger partial charge in [0.15, 0.2) is 0 Å². The first-order valence-corrected chi connectivity index (χ1v) is 2.85. The Morgan fingerprint density at radius 2 is 2.18 bits per heavy atom. The van der Waals surface area contributed by atoms with E-state index >= 15 is 0 Å². The van der Waals surface area contributed by atoms with Crippen molar-refractivity contribution in [3.05, 3.63) is 0 Å². The highest BCUT2D eigenvalue weighted by Crippen LogP contribution is 1.81. The topological polar surface area (TPSA) is 111 Å². The van der Waals surface area contributed by atoms with Crippen molar-refractivity contribution < 1.29 is 14.3 Å². The predicted molar refractivity (Wildman–Crippen MR) is 35.8 cm³/mol. The molecule has 0 aliphatic heterocycles. The molecule has 11 heavy (non-hydrogen) atoms. The van der Waals surface area contributed by atoms with Crippen LogP contribution >= 0.6 is 0 Å². The number of ether oxygens (including phenoxy) is 1. The van der Waals surface area contributed by atoms with E-state index in [1.165, 1.54) is 0 Å². The Kier molecular flexibility index (Phi) is 3.75. The summed E-state index contributed by atoms with van der Waals surface area (Å²) in [5.74, 6) is 4.95. The minimum atomic E-state index is -0.930. The fourth-order valence-corrected chi connectivity index (χ4v) is 0.357. The zero-order valence-electron chi connectivity index (χ0n) is 6.03. The molecule has 64 valence electrons. The van der Waals surface area contributed by atoms with E-state index in [1.54, 1.807) is 12.3 Å². The quantitative estimate of drug-likeness (QED) is 0.258. The molecule has 0 fully saturated rings. The lowest BCUT2D eigenvalue weighted by Gasteiger charge is -2.14. The lowest BCUT2D eigenvalue weighted by Crippen LogP contribution is -2.52. The first-order valence-electron chi connectivity index (χ1n) is 2.85. The minimum Gasteiger partial charge on any atom is -0.448 e. The van der Waals surface area contributed by atoms with Crippen molar-refractivity contribution in [1.82, 2.24) is 10.5 Å². The molecule has 7 heteroatoms. The summed E-state index contributed by atoms with van der Waals surface area (Å²) in [6, 6.07) is -0.930. The number of hydrazine groups is 2. The van der Waals surface area contributed by atoms with Gasteiger partial charge in [-0.25, -0.2) is 20.9 Å². The van der Waals surface area contributed by atoms with Crippen LogP contribution < -0.4 is 17.0 Å². The largest absolute Gasteiger partial charge is 0.448 e. The normalized spacial score (nSPS) is 8.55. The molecule has 0 spiro atoms. The van der Waals surface area contributed by atoms with Gasteiger partial charge in [0.2, 0.25) is 0 Å². The molecule has 0 aromatic carbocycles. The fourth-order valence-electron chi connectivity index (χ4n) is 0.357. The van der Waals surface area contributed by atoms with Crippen molar-refractivity contribution in [3.8, 4) is 0 Å². The van der Waals surface area contributed by atoms with Crippen LogP contribution in [0.5, 0.6) is 0 Å². The maximum atomic E-state index is 10.6. The van der Waals surface area contributed by atoms with Gasteiger partial charge in [-0.1, -0.05) is 0 Å². The van der Waals surface area contributed by atoms with E-state index in [1.807, 2.05) is 0 Å². The molecule has 0 saturated carbocycles. The van der Waals surface area contributed by atoms with Crippen molar-refractivity contribution in [2.45, 2.75) is 6.92 Å². The van der Waals surface area contributed by atoms with E-state index < -0.39 is 12.1 Å². The Morgan fingerprint density at radius 1 is 1.64 bits per heavy atom. The maximum absolute atomic E-state index is 10.6. The van der Waals surface area contributed by atoms with E-state index in [-0.39, 0.29) is 6.61 Å². The number of nitrogens with one attached hydrogen (secondary N) is 1. The summed E-state index contributed by atoms with van der Waals surface area (Å²) < 4.78 is 4.40. The Bertz CT molecular complexity index is 159. The third kappa shape index (κ3) is 3.98. The average molecular weight is 162 g/mol. The molecule has 0 rings (SSSR count). The molecular formula is C4H10N4O3. The number of rotatable bonds is 1. The van der Waals surface area contributed by atoms with Crippen molar-refractivity contribution >= 4 is 12.1 Å². The van der Waals surface area contributed by atoms with Gasteiger partial charge in [-0.15, -0.1) is 5.12 Å². The first-order chi connectivity index (χ1) is 5.07. The van der Waals surface area contributed by atoms with Crippen LogP contribution in [0, 0.1) is 0 Å². The van der Waals surface area contributed by atoms with Crippen LogP contribution in [-0.4, -0.2) is 23.8 Å². The number of primary amides is 1. The number of carbonyl (C=O) groups excluding carboxylic acids is 2. The molecule has 0 bridgehead atoms. The van der Waals surface area contributed by atoms with E-state index in [9.17, 15) is 9.59 Å². The standard InChI is InChI=1S/C4H10N4O3/c1-2-11-4(10)8(6)7-3(5)9/h2,6H2,1H3,(H3,5,7,9).